The van der Waals surface area contributed by atoms with Crippen LogP contribution in [-0.2, 0) is 6.61 Å². The van der Waals surface area contributed by atoms with Gasteiger partial charge in [0.25, 0.3) is 5.92 Å². The zero-order valence-corrected chi connectivity index (χ0v) is 10.2. The minimum absolute atomic E-state index is 0.138. The van der Waals surface area contributed by atoms with Gasteiger partial charge >= 0.3 is 0 Å². The standard InChI is InChI=1S/C13H16F2N2O/c1-3-11-10(7-18)4-5-12(16-11)17-6-9(2)13(14,15)8-17/h3-5,9,18H,1,6-8H2,2H3. The summed E-state index contributed by atoms with van der Waals surface area (Å²) in [5, 5.41) is 9.11. The molecule has 18 heavy (non-hydrogen) atoms. The van der Waals surface area contributed by atoms with Crippen LogP contribution in [0.4, 0.5) is 14.6 Å². The monoisotopic (exact) mass is 254 g/mol. The molecule has 0 radical (unpaired) electrons. The van der Waals surface area contributed by atoms with Crippen molar-refractivity contribution in [1.82, 2.24) is 4.98 Å². The Morgan fingerprint density at radius 1 is 1.61 bits per heavy atom. The molecule has 1 atom stereocenters. The van der Waals surface area contributed by atoms with Gasteiger partial charge < -0.3 is 10.0 Å². The first-order valence-corrected chi connectivity index (χ1v) is 5.84. The van der Waals surface area contributed by atoms with Crippen LogP contribution >= 0.6 is 0 Å². The lowest BCUT2D eigenvalue weighted by molar-refractivity contribution is -0.0138. The summed E-state index contributed by atoms with van der Waals surface area (Å²) in [6.07, 6.45) is 1.52. The smallest absolute Gasteiger partial charge is 0.269 e. The molecule has 0 saturated carbocycles. The molecule has 2 heterocycles. The van der Waals surface area contributed by atoms with Gasteiger partial charge in [0, 0.05) is 18.0 Å². The number of aromatic nitrogens is 1. The molecule has 0 aliphatic carbocycles. The third-order valence-electron chi connectivity index (χ3n) is 3.30. The molecule has 1 aromatic heterocycles. The molecule has 0 bridgehead atoms. The lowest BCUT2D eigenvalue weighted by Crippen LogP contribution is -2.27. The van der Waals surface area contributed by atoms with Crippen molar-refractivity contribution in [3.05, 3.63) is 30.0 Å². The highest BCUT2D eigenvalue weighted by molar-refractivity contribution is 5.53. The third-order valence-corrected chi connectivity index (χ3v) is 3.30. The summed E-state index contributed by atoms with van der Waals surface area (Å²) in [4.78, 5) is 5.83. The van der Waals surface area contributed by atoms with Gasteiger partial charge in [-0.2, -0.15) is 0 Å². The SMILES string of the molecule is C=Cc1nc(N2CC(C)C(F)(F)C2)ccc1CO. The van der Waals surface area contributed by atoms with E-state index in [0.29, 0.717) is 17.1 Å². The Kier molecular flexibility index (Phi) is 3.34. The Labute approximate surface area is 105 Å². The van der Waals surface area contributed by atoms with Gasteiger partial charge in [-0.25, -0.2) is 13.8 Å². The third kappa shape index (κ3) is 2.22. The van der Waals surface area contributed by atoms with Crippen molar-refractivity contribution in [1.29, 1.82) is 0 Å². The van der Waals surface area contributed by atoms with Gasteiger partial charge in [-0.05, 0) is 12.1 Å². The summed E-state index contributed by atoms with van der Waals surface area (Å²) in [6.45, 7) is 4.99. The molecular formula is C13H16F2N2O. The summed E-state index contributed by atoms with van der Waals surface area (Å²) in [6, 6.07) is 3.35. The van der Waals surface area contributed by atoms with Crippen molar-refractivity contribution < 1.29 is 13.9 Å². The molecule has 1 saturated heterocycles. The van der Waals surface area contributed by atoms with Gasteiger partial charge in [-0.1, -0.05) is 19.6 Å². The molecule has 1 unspecified atom stereocenters. The molecule has 98 valence electrons. The van der Waals surface area contributed by atoms with Crippen LogP contribution in [0.2, 0.25) is 0 Å². The van der Waals surface area contributed by atoms with E-state index in [2.05, 4.69) is 11.6 Å². The maximum absolute atomic E-state index is 13.5. The first-order chi connectivity index (χ1) is 8.47. The maximum Gasteiger partial charge on any atom is 0.269 e. The van der Waals surface area contributed by atoms with Crippen molar-refractivity contribution in [2.75, 3.05) is 18.0 Å². The molecule has 1 aromatic rings. The normalized spacial score (nSPS) is 22.2. The molecule has 1 fully saturated rings. The molecule has 5 heteroatoms. The van der Waals surface area contributed by atoms with Crippen LogP contribution < -0.4 is 4.90 Å². The molecular weight excluding hydrogens is 238 g/mol. The average Bonchev–Trinajstić information content (AvgIpc) is 2.63. The van der Waals surface area contributed by atoms with Crippen molar-refractivity contribution in [3.63, 3.8) is 0 Å². The van der Waals surface area contributed by atoms with Crippen LogP contribution in [0, 0.1) is 5.92 Å². The van der Waals surface area contributed by atoms with E-state index >= 15 is 0 Å². The van der Waals surface area contributed by atoms with Gasteiger partial charge in [-0.3, -0.25) is 0 Å². The second-order valence-corrected chi connectivity index (χ2v) is 4.62. The minimum Gasteiger partial charge on any atom is -0.392 e. The van der Waals surface area contributed by atoms with E-state index in [-0.39, 0.29) is 19.7 Å². The van der Waals surface area contributed by atoms with Gasteiger partial charge in [0.05, 0.1) is 18.8 Å². The lowest BCUT2D eigenvalue weighted by atomic mass is 10.1. The van der Waals surface area contributed by atoms with E-state index in [9.17, 15) is 8.78 Å². The fraction of sp³-hybridized carbons (Fsp3) is 0.462. The number of aliphatic hydroxyl groups excluding tert-OH is 1. The Hall–Kier alpha value is -1.49. The topological polar surface area (TPSA) is 36.4 Å². The second kappa shape index (κ2) is 4.65. The molecule has 2 rings (SSSR count). The van der Waals surface area contributed by atoms with E-state index in [1.54, 1.807) is 17.0 Å². The lowest BCUT2D eigenvalue weighted by Gasteiger charge is -2.18. The summed E-state index contributed by atoms with van der Waals surface area (Å²) in [7, 11) is 0. The molecule has 0 spiro atoms. The van der Waals surface area contributed by atoms with Gasteiger partial charge in [0.2, 0.25) is 0 Å². The summed E-state index contributed by atoms with van der Waals surface area (Å²) in [5.74, 6) is -2.85. The summed E-state index contributed by atoms with van der Waals surface area (Å²) in [5.41, 5.74) is 1.19. The molecule has 1 aliphatic heterocycles. The number of pyridine rings is 1. The van der Waals surface area contributed by atoms with Crippen LogP contribution in [0.25, 0.3) is 6.08 Å². The number of halogens is 2. The number of aliphatic hydroxyl groups is 1. The first-order valence-electron chi connectivity index (χ1n) is 5.84. The predicted octanol–water partition coefficient (Wildman–Crippen LogP) is 2.31. The minimum atomic E-state index is -2.67. The molecule has 1 aliphatic rings. The highest BCUT2D eigenvalue weighted by atomic mass is 19.3. The maximum atomic E-state index is 13.5. The van der Waals surface area contributed by atoms with Gasteiger partial charge in [0.1, 0.15) is 5.82 Å². The number of anilines is 1. The molecule has 0 aromatic carbocycles. The highest BCUT2D eigenvalue weighted by Crippen LogP contribution is 2.34. The Morgan fingerprint density at radius 3 is 2.83 bits per heavy atom. The molecule has 0 amide bonds. The van der Waals surface area contributed by atoms with E-state index in [0.717, 1.165) is 0 Å². The number of alkyl halides is 2. The number of hydrogen-bond donors (Lipinski definition) is 1. The van der Waals surface area contributed by atoms with Crippen LogP contribution in [0.1, 0.15) is 18.2 Å². The number of hydrogen-bond acceptors (Lipinski definition) is 3. The fourth-order valence-corrected chi connectivity index (χ4v) is 2.09. The Morgan fingerprint density at radius 2 is 2.33 bits per heavy atom. The van der Waals surface area contributed by atoms with Crippen LogP contribution in [0.3, 0.4) is 0 Å². The second-order valence-electron chi connectivity index (χ2n) is 4.62. The van der Waals surface area contributed by atoms with E-state index in [4.69, 9.17) is 5.11 Å². The van der Waals surface area contributed by atoms with Crippen LogP contribution in [-0.4, -0.2) is 29.1 Å². The largest absolute Gasteiger partial charge is 0.392 e. The van der Waals surface area contributed by atoms with Gasteiger partial charge in [0.15, 0.2) is 0 Å². The average molecular weight is 254 g/mol. The fourth-order valence-electron chi connectivity index (χ4n) is 2.09. The first kappa shape index (κ1) is 13.0. The molecule has 1 N–H and O–H groups in total. The zero-order chi connectivity index (χ0) is 13.3. The van der Waals surface area contributed by atoms with Crippen molar-refractivity contribution in [2.45, 2.75) is 19.5 Å². The van der Waals surface area contributed by atoms with E-state index in [1.165, 1.54) is 13.0 Å². The number of rotatable bonds is 3. The number of nitrogens with zero attached hydrogens (tertiary/aromatic N) is 2. The zero-order valence-electron chi connectivity index (χ0n) is 10.2. The van der Waals surface area contributed by atoms with Crippen LogP contribution in [0.15, 0.2) is 18.7 Å². The Balaban J connectivity index is 2.28. The predicted molar refractivity (Wildman–Crippen MR) is 66.6 cm³/mol. The molecule has 3 nitrogen and oxygen atoms in total. The van der Waals surface area contributed by atoms with Crippen molar-refractivity contribution in [3.8, 4) is 0 Å². The van der Waals surface area contributed by atoms with Crippen LogP contribution in [0.5, 0.6) is 0 Å². The summed E-state index contributed by atoms with van der Waals surface area (Å²) >= 11 is 0. The van der Waals surface area contributed by atoms with Crippen molar-refractivity contribution >= 4 is 11.9 Å². The van der Waals surface area contributed by atoms with E-state index < -0.39 is 11.8 Å². The summed E-state index contributed by atoms with van der Waals surface area (Å²) < 4.78 is 26.9. The van der Waals surface area contributed by atoms with E-state index in [1.807, 2.05) is 0 Å². The van der Waals surface area contributed by atoms with Crippen molar-refractivity contribution in [2.24, 2.45) is 5.92 Å². The quantitative estimate of drug-likeness (QED) is 0.899. The van der Waals surface area contributed by atoms with Gasteiger partial charge in [-0.15, -0.1) is 0 Å². The Bertz CT molecular complexity index is 462. The highest BCUT2D eigenvalue weighted by Gasteiger charge is 2.45.